The zero-order chi connectivity index (χ0) is 12.5. The number of fused-ring (bicyclic) bond motifs is 1. The highest BCUT2D eigenvalue weighted by Crippen LogP contribution is 2.30. The molecule has 0 fully saturated rings. The standard InChI is InChI=1S/C14H17N3S/c1-10-4-5-11-3-2-6-17(13(11)7-10)9-12-8-16-14(15)18-12/h4-5,7-8H,2-3,6,9H2,1H3,(H2,15,16). The van der Waals surface area contributed by atoms with Crippen molar-refractivity contribution in [1.29, 1.82) is 0 Å². The van der Waals surface area contributed by atoms with Crippen LogP contribution in [0.4, 0.5) is 10.8 Å². The summed E-state index contributed by atoms with van der Waals surface area (Å²) in [5.74, 6) is 0. The van der Waals surface area contributed by atoms with E-state index >= 15 is 0 Å². The number of aryl methyl sites for hydroxylation is 2. The minimum absolute atomic E-state index is 0.659. The number of anilines is 2. The van der Waals surface area contributed by atoms with Gasteiger partial charge in [0, 0.05) is 23.3 Å². The SMILES string of the molecule is Cc1ccc2c(c1)N(Cc1cnc(N)s1)CCC2. The zero-order valence-electron chi connectivity index (χ0n) is 10.5. The molecule has 1 aromatic carbocycles. The molecule has 3 nitrogen and oxygen atoms in total. The highest BCUT2D eigenvalue weighted by Gasteiger charge is 2.17. The Morgan fingerprint density at radius 3 is 3.11 bits per heavy atom. The van der Waals surface area contributed by atoms with Crippen LogP contribution in [0.25, 0.3) is 0 Å². The molecule has 0 saturated carbocycles. The summed E-state index contributed by atoms with van der Waals surface area (Å²) < 4.78 is 0. The fraction of sp³-hybridized carbons (Fsp3) is 0.357. The quantitative estimate of drug-likeness (QED) is 0.901. The summed E-state index contributed by atoms with van der Waals surface area (Å²) in [5, 5.41) is 0.659. The maximum Gasteiger partial charge on any atom is 0.180 e. The second-order valence-electron chi connectivity index (χ2n) is 4.82. The molecule has 2 N–H and O–H groups in total. The number of aromatic nitrogens is 1. The smallest absolute Gasteiger partial charge is 0.180 e. The Morgan fingerprint density at radius 2 is 2.33 bits per heavy atom. The lowest BCUT2D eigenvalue weighted by atomic mass is 10.00. The molecule has 2 aromatic rings. The Hall–Kier alpha value is -1.55. The van der Waals surface area contributed by atoms with E-state index in [2.05, 4.69) is 35.0 Å². The molecule has 0 bridgehead atoms. The van der Waals surface area contributed by atoms with Gasteiger partial charge in [-0.3, -0.25) is 0 Å². The maximum absolute atomic E-state index is 5.69. The van der Waals surface area contributed by atoms with Crippen LogP contribution >= 0.6 is 11.3 Å². The lowest BCUT2D eigenvalue weighted by Gasteiger charge is -2.31. The van der Waals surface area contributed by atoms with Crippen molar-refractivity contribution in [3.63, 3.8) is 0 Å². The Morgan fingerprint density at radius 1 is 1.44 bits per heavy atom. The van der Waals surface area contributed by atoms with Crippen molar-refractivity contribution in [2.24, 2.45) is 0 Å². The predicted molar refractivity (Wildman–Crippen MR) is 77.1 cm³/mol. The van der Waals surface area contributed by atoms with Gasteiger partial charge in [-0.15, -0.1) is 11.3 Å². The number of rotatable bonds is 2. The minimum atomic E-state index is 0.659. The van der Waals surface area contributed by atoms with Crippen molar-refractivity contribution in [1.82, 2.24) is 4.98 Å². The van der Waals surface area contributed by atoms with Crippen molar-refractivity contribution in [3.05, 3.63) is 40.4 Å². The maximum atomic E-state index is 5.69. The molecule has 0 atom stereocenters. The molecule has 0 unspecified atom stereocenters. The van der Waals surface area contributed by atoms with Crippen LogP contribution in [0.1, 0.15) is 22.4 Å². The van der Waals surface area contributed by atoms with Crippen LogP contribution in [0, 0.1) is 6.92 Å². The Bertz CT molecular complexity index is 562. The number of hydrogen-bond donors (Lipinski definition) is 1. The van der Waals surface area contributed by atoms with Crippen molar-refractivity contribution < 1.29 is 0 Å². The molecular weight excluding hydrogens is 242 g/mol. The highest BCUT2D eigenvalue weighted by atomic mass is 32.1. The number of thiazole rings is 1. The predicted octanol–water partition coefficient (Wildman–Crippen LogP) is 2.99. The molecule has 2 heterocycles. The summed E-state index contributed by atoms with van der Waals surface area (Å²) in [7, 11) is 0. The lowest BCUT2D eigenvalue weighted by molar-refractivity contribution is 0.694. The number of nitrogens with two attached hydrogens (primary N) is 1. The molecule has 94 valence electrons. The summed E-state index contributed by atoms with van der Waals surface area (Å²) in [5.41, 5.74) is 9.86. The van der Waals surface area contributed by atoms with Crippen molar-refractivity contribution in [2.45, 2.75) is 26.3 Å². The summed E-state index contributed by atoms with van der Waals surface area (Å²) >= 11 is 1.59. The van der Waals surface area contributed by atoms with Gasteiger partial charge >= 0.3 is 0 Å². The zero-order valence-corrected chi connectivity index (χ0v) is 11.3. The molecule has 3 rings (SSSR count). The van der Waals surface area contributed by atoms with Gasteiger partial charge in [0.15, 0.2) is 5.13 Å². The van der Waals surface area contributed by atoms with Crippen molar-refractivity contribution >= 4 is 22.2 Å². The molecule has 18 heavy (non-hydrogen) atoms. The van der Waals surface area contributed by atoms with Crippen LogP contribution in [0.15, 0.2) is 24.4 Å². The summed E-state index contributed by atoms with van der Waals surface area (Å²) in [6.07, 6.45) is 4.31. The van der Waals surface area contributed by atoms with Crippen LogP contribution in [0.3, 0.4) is 0 Å². The average molecular weight is 259 g/mol. The second-order valence-corrected chi connectivity index (χ2v) is 5.97. The van der Waals surface area contributed by atoms with E-state index in [0.717, 1.165) is 13.1 Å². The van der Waals surface area contributed by atoms with Gasteiger partial charge in [0.2, 0.25) is 0 Å². The van der Waals surface area contributed by atoms with Gasteiger partial charge < -0.3 is 10.6 Å². The molecule has 0 radical (unpaired) electrons. The van der Waals surface area contributed by atoms with Gasteiger partial charge in [-0.25, -0.2) is 4.98 Å². The fourth-order valence-corrected chi connectivity index (χ4v) is 3.21. The van der Waals surface area contributed by atoms with E-state index in [9.17, 15) is 0 Å². The number of benzene rings is 1. The van der Waals surface area contributed by atoms with Gasteiger partial charge in [0.25, 0.3) is 0 Å². The summed E-state index contributed by atoms with van der Waals surface area (Å²) in [4.78, 5) is 7.81. The van der Waals surface area contributed by atoms with Crippen molar-refractivity contribution in [3.8, 4) is 0 Å². The number of nitrogen functional groups attached to an aromatic ring is 1. The Labute approximate surface area is 111 Å². The van der Waals surface area contributed by atoms with Crippen LogP contribution in [-0.4, -0.2) is 11.5 Å². The molecule has 0 saturated heterocycles. The monoisotopic (exact) mass is 259 g/mol. The summed E-state index contributed by atoms with van der Waals surface area (Å²) in [6, 6.07) is 6.75. The van der Waals surface area contributed by atoms with Gasteiger partial charge in [-0.05, 0) is 37.0 Å². The van der Waals surface area contributed by atoms with Crippen LogP contribution in [0.2, 0.25) is 0 Å². The van der Waals surface area contributed by atoms with Gasteiger partial charge in [0.05, 0.1) is 6.54 Å². The molecule has 1 aromatic heterocycles. The van der Waals surface area contributed by atoms with E-state index in [1.54, 1.807) is 11.3 Å². The lowest BCUT2D eigenvalue weighted by Crippen LogP contribution is -2.28. The van der Waals surface area contributed by atoms with E-state index in [0.29, 0.717) is 5.13 Å². The van der Waals surface area contributed by atoms with E-state index in [4.69, 9.17) is 5.73 Å². The fourth-order valence-electron chi connectivity index (χ4n) is 2.51. The van der Waals surface area contributed by atoms with Crippen LogP contribution in [0.5, 0.6) is 0 Å². The second kappa shape index (κ2) is 4.61. The van der Waals surface area contributed by atoms with Gasteiger partial charge in [0.1, 0.15) is 0 Å². The third kappa shape index (κ3) is 2.20. The first kappa shape index (κ1) is 11.5. The first-order valence-corrected chi connectivity index (χ1v) is 7.09. The summed E-state index contributed by atoms with van der Waals surface area (Å²) in [6.45, 7) is 4.19. The average Bonchev–Trinajstić information content (AvgIpc) is 2.76. The van der Waals surface area contributed by atoms with Crippen LogP contribution in [-0.2, 0) is 13.0 Å². The molecule has 0 spiro atoms. The molecular formula is C14H17N3S. The molecule has 4 heteroatoms. The van der Waals surface area contributed by atoms with Gasteiger partial charge in [-0.2, -0.15) is 0 Å². The molecule has 1 aliphatic rings. The van der Waals surface area contributed by atoms with Crippen LogP contribution < -0.4 is 10.6 Å². The minimum Gasteiger partial charge on any atom is -0.375 e. The third-order valence-electron chi connectivity index (χ3n) is 3.37. The molecule has 1 aliphatic heterocycles. The number of hydrogen-bond acceptors (Lipinski definition) is 4. The topological polar surface area (TPSA) is 42.2 Å². The molecule has 0 aliphatic carbocycles. The first-order chi connectivity index (χ1) is 8.72. The van der Waals surface area contributed by atoms with Gasteiger partial charge in [-0.1, -0.05) is 12.1 Å². The van der Waals surface area contributed by atoms with E-state index < -0.39 is 0 Å². The Balaban J connectivity index is 1.88. The van der Waals surface area contributed by atoms with E-state index in [-0.39, 0.29) is 0 Å². The number of nitrogens with zero attached hydrogens (tertiary/aromatic N) is 2. The van der Waals surface area contributed by atoms with E-state index in [1.165, 1.54) is 34.5 Å². The highest BCUT2D eigenvalue weighted by molar-refractivity contribution is 7.15. The molecule has 0 amide bonds. The van der Waals surface area contributed by atoms with Crippen molar-refractivity contribution in [2.75, 3.05) is 17.2 Å². The largest absolute Gasteiger partial charge is 0.375 e. The first-order valence-electron chi connectivity index (χ1n) is 6.27. The normalized spacial score (nSPS) is 14.6. The third-order valence-corrected chi connectivity index (χ3v) is 4.19. The van der Waals surface area contributed by atoms with E-state index in [1.807, 2.05) is 6.20 Å². The Kier molecular flexibility index (Phi) is 2.96.